The van der Waals surface area contributed by atoms with Gasteiger partial charge in [0.1, 0.15) is 6.17 Å². The molecule has 1 nitrogen and oxygen atoms in total. The van der Waals surface area contributed by atoms with Crippen molar-refractivity contribution < 1.29 is 13.2 Å². The third-order valence-electron chi connectivity index (χ3n) is 3.35. The van der Waals surface area contributed by atoms with E-state index in [2.05, 4.69) is 5.32 Å². The average Bonchev–Trinajstić information content (AvgIpc) is 2.36. The molecular formula is C13H16F3N. The molecule has 0 saturated carbocycles. The van der Waals surface area contributed by atoms with Crippen molar-refractivity contribution in [3.8, 4) is 0 Å². The Morgan fingerprint density at radius 1 is 1.29 bits per heavy atom. The highest BCUT2D eigenvalue weighted by atomic mass is 19.2. The number of aryl methyl sites for hydroxylation is 1. The number of hydrogen-bond acceptors (Lipinski definition) is 1. The number of hydrogen-bond donors (Lipinski definition) is 1. The summed E-state index contributed by atoms with van der Waals surface area (Å²) in [4.78, 5) is 0. The van der Waals surface area contributed by atoms with Crippen LogP contribution in [0.4, 0.5) is 13.2 Å². The fourth-order valence-corrected chi connectivity index (χ4v) is 2.26. The quantitative estimate of drug-likeness (QED) is 0.840. The Hall–Kier alpha value is -1.03. The van der Waals surface area contributed by atoms with Gasteiger partial charge in [-0.2, -0.15) is 0 Å². The number of halogens is 3. The van der Waals surface area contributed by atoms with E-state index in [0.717, 1.165) is 13.0 Å². The van der Waals surface area contributed by atoms with Crippen LogP contribution in [0.5, 0.6) is 0 Å². The molecule has 1 aromatic rings. The van der Waals surface area contributed by atoms with Crippen LogP contribution in [0, 0.1) is 24.5 Å². The Bertz CT molecular complexity index is 400. The van der Waals surface area contributed by atoms with Crippen molar-refractivity contribution in [2.24, 2.45) is 5.92 Å². The van der Waals surface area contributed by atoms with E-state index >= 15 is 0 Å². The van der Waals surface area contributed by atoms with Gasteiger partial charge in [0, 0.05) is 18.0 Å². The van der Waals surface area contributed by atoms with Gasteiger partial charge >= 0.3 is 0 Å². The number of alkyl halides is 1. The van der Waals surface area contributed by atoms with Gasteiger partial charge < -0.3 is 5.32 Å². The largest absolute Gasteiger partial charge is 0.316 e. The van der Waals surface area contributed by atoms with Crippen molar-refractivity contribution in [1.29, 1.82) is 0 Å². The summed E-state index contributed by atoms with van der Waals surface area (Å²) < 4.78 is 41.1. The second-order valence-corrected chi connectivity index (χ2v) is 4.61. The minimum absolute atomic E-state index is 0.151. The lowest BCUT2D eigenvalue weighted by Gasteiger charge is -2.26. The number of piperidine rings is 1. The molecule has 1 saturated heterocycles. The lowest BCUT2D eigenvalue weighted by atomic mass is 9.90. The lowest BCUT2D eigenvalue weighted by molar-refractivity contribution is 0.188. The van der Waals surface area contributed by atoms with E-state index < -0.39 is 17.8 Å². The zero-order valence-electron chi connectivity index (χ0n) is 9.77. The molecule has 17 heavy (non-hydrogen) atoms. The minimum atomic E-state index is -1.43. The Labute approximate surface area is 99.0 Å². The molecule has 4 heteroatoms. The SMILES string of the molecule is Cc1ccc(C(F)C2CCCNC2)c(F)c1F. The smallest absolute Gasteiger partial charge is 0.165 e. The fraction of sp³-hybridized carbons (Fsp3) is 0.538. The molecule has 1 N–H and O–H groups in total. The summed E-state index contributed by atoms with van der Waals surface area (Å²) in [5.74, 6) is -2.24. The second-order valence-electron chi connectivity index (χ2n) is 4.61. The molecule has 94 valence electrons. The summed E-state index contributed by atoms with van der Waals surface area (Å²) in [6.45, 7) is 2.86. The molecule has 1 fully saturated rings. The summed E-state index contributed by atoms with van der Waals surface area (Å²) in [6.07, 6.45) is 0.155. The molecule has 0 bridgehead atoms. The van der Waals surface area contributed by atoms with E-state index in [0.29, 0.717) is 13.0 Å². The van der Waals surface area contributed by atoms with Crippen molar-refractivity contribution in [2.45, 2.75) is 25.9 Å². The van der Waals surface area contributed by atoms with Crippen LogP contribution in [0.1, 0.15) is 30.1 Å². The van der Waals surface area contributed by atoms with Gasteiger partial charge in [0.15, 0.2) is 11.6 Å². The van der Waals surface area contributed by atoms with Gasteiger partial charge in [0.25, 0.3) is 0 Å². The number of rotatable bonds is 2. The Morgan fingerprint density at radius 2 is 2.06 bits per heavy atom. The maximum Gasteiger partial charge on any atom is 0.165 e. The monoisotopic (exact) mass is 243 g/mol. The van der Waals surface area contributed by atoms with E-state index in [4.69, 9.17) is 0 Å². The third-order valence-corrected chi connectivity index (χ3v) is 3.35. The predicted octanol–water partition coefficient (Wildman–Crippen LogP) is 3.28. The lowest BCUT2D eigenvalue weighted by Crippen LogP contribution is -2.32. The van der Waals surface area contributed by atoms with Crippen molar-refractivity contribution in [3.05, 3.63) is 34.9 Å². The molecule has 0 spiro atoms. The van der Waals surface area contributed by atoms with Gasteiger partial charge in [-0.3, -0.25) is 0 Å². The Kier molecular flexibility index (Phi) is 3.72. The van der Waals surface area contributed by atoms with Crippen LogP contribution in [0.2, 0.25) is 0 Å². The van der Waals surface area contributed by atoms with Crippen LogP contribution in [-0.2, 0) is 0 Å². The maximum atomic E-state index is 14.1. The minimum Gasteiger partial charge on any atom is -0.316 e. The molecule has 2 unspecified atom stereocenters. The van der Waals surface area contributed by atoms with E-state index in [1.54, 1.807) is 0 Å². The highest BCUT2D eigenvalue weighted by Crippen LogP contribution is 2.33. The molecule has 0 aliphatic carbocycles. The first-order valence-electron chi connectivity index (χ1n) is 5.90. The van der Waals surface area contributed by atoms with Gasteiger partial charge in [-0.1, -0.05) is 12.1 Å². The van der Waals surface area contributed by atoms with Gasteiger partial charge in [-0.05, 0) is 31.9 Å². The summed E-state index contributed by atoms with van der Waals surface area (Å²) in [5, 5.41) is 3.07. The standard InChI is InChI=1S/C13H16F3N/c1-8-4-5-10(13(16)11(8)14)12(15)9-3-2-6-17-7-9/h4-5,9,12,17H,2-3,6-7H2,1H3. The zero-order chi connectivity index (χ0) is 12.4. The van der Waals surface area contributed by atoms with Crippen molar-refractivity contribution in [1.82, 2.24) is 5.32 Å². The Morgan fingerprint density at radius 3 is 2.71 bits per heavy atom. The summed E-state index contributed by atoms with van der Waals surface area (Å²) in [5.41, 5.74) is 0.0574. The number of nitrogens with one attached hydrogen (secondary N) is 1. The second kappa shape index (κ2) is 5.08. The van der Waals surface area contributed by atoms with E-state index in [9.17, 15) is 13.2 Å². The molecule has 1 aliphatic heterocycles. The van der Waals surface area contributed by atoms with Crippen LogP contribution < -0.4 is 5.32 Å². The molecule has 0 radical (unpaired) electrons. The first-order valence-corrected chi connectivity index (χ1v) is 5.90. The molecule has 1 aromatic carbocycles. The van der Waals surface area contributed by atoms with Crippen molar-refractivity contribution >= 4 is 0 Å². The van der Waals surface area contributed by atoms with Crippen LogP contribution in [0.25, 0.3) is 0 Å². The average molecular weight is 243 g/mol. The highest BCUT2D eigenvalue weighted by Gasteiger charge is 2.28. The first kappa shape index (κ1) is 12.4. The van der Waals surface area contributed by atoms with Gasteiger partial charge in [-0.15, -0.1) is 0 Å². The van der Waals surface area contributed by atoms with Gasteiger partial charge in [0.05, 0.1) is 0 Å². The fourth-order valence-electron chi connectivity index (χ4n) is 2.26. The Balaban J connectivity index is 2.24. The van der Waals surface area contributed by atoms with E-state index in [1.165, 1.54) is 19.1 Å². The molecule has 2 atom stereocenters. The first-order chi connectivity index (χ1) is 8.11. The normalized spacial score (nSPS) is 22.5. The molecular weight excluding hydrogens is 227 g/mol. The van der Waals surface area contributed by atoms with E-state index in [1.807, 2.05) is 0 Å². The predicted molar refractivity (Wildman–Crippen MR) is 60.5 cm³/mol. The molecule has 0 amide bonds. The summed E-state index contributed by atoms with van der Waals surface area (Å²) >= 11 is 0. The number of benzene rings is 1. The third kappa shape index (κ3) is 2.46. The molecule has 2 rings (SSSR count). The van der Waals surface area contributed by atoms with Crippen LogP contribution >= 0.6 is 0 Å². The van der Waals surface area contributed by atoms with Crippen molar-refractivity contribution in [2.75, 3.05) is 13.1 Å². The highest BCUT2D eigenvalue weighted by molar-refractivity contribution is 5.27. The van der Waals surface area contributed by atoms with Crippen LogP contribution in [0.15, 0.2) is 12.1 Å². The topological polar surface area (TPSA) is 12.0 Å². The summed E-state index contributed by atoms with van der Waals surface area (Å²) in [7, 11) is 0. The molecule has 0 aromatic heterocycles. The van der Waals surface area contributed by atoms with Crippen molar-refractivity contribution in [3.63, 3.8) is 0 Å². The van der Waals surface area contributed by atoms with Crippen LogP contribution in [-0.4, -0.2) is 13.1 Å². The molecule has 1 aliphatic rings. The van der Waals surface area contributed by atoms with E-state index in [-0.39, 0.29) is 17.0 Å². The summed E-state index contributed by atoms with van der Waals surface area (Å²) in [6, 6.07) is 2.78. The maximum absolute atomic E-state index is 14.1. The zero-order valence-corrected chi connectivity index (χ0v) is 9.77. The molecule has 1 heterocycles. The van der Waals surface area contributed by atoms with Gasteiger partial charge in [-0.25, -0.2) is 13.2 Å². The van der Waals surface area contributed by atoms with Gasteiger partial charge in [0.2, 0.25) is 0 Å². The van der Waals surface area contributed by atoms with Crippen LogP contribution in [0.3, 0.4) is 0 Å².